The van der Waals surface area contributed by atoms with Crippen LogP contribution >= 0.6 is 0 Å². The number of carbonyl (C=O) groups is 2. The summed E-state index contributed by atoms with van der Waals surface area (Å²) in [6, 6.07) is 6.63. The van der Waals surface area contributed by atoms with Gasteiger partial charge in [-0.1, -0.05) is 24.3 Å². The van der Waals surface area contributed by atoms with Gasteiger partial charge < -0.3 is 19.7 Å². The number of ether oxygens (including phenoxy) is 2. The molecule has 150 valence electrons. The zero-order valence-electron chi connectivity index (χ0n) is 15.8. The van der Waals surface area contributed by atoms with Crippen molar-refractivity contribution < 1.29 is 60.6 Å². The van der Waals surface area contributed by atoms with Gasteiger partial charge in [0, 0.05) is 0 Å². The third kappa shape index (κ3) is 6.98. The Hall–Kier alpha value is -2.17. The molecule has 0 amide bonds. The molecule has 1 aliphatic carbocycles. The molecule has 0 heterocycles. The molecule has 0 spiro atoms. The Labute approximate surface area is 179 Å². The van der Waals surface area contributed by atoms with Crippen LogP contribution in [-0.2, 0) is 61.6 Å². The van der Waals surface area contributed by atoms with Gasteiger partial charge in [0.05, 0.1) is 26.1 Å². The van der Waals surface area contributed by atoms with Gasteiger partial charge in [-0.2, -0.15) is 0 Å². The second-order valence-electron chi connectivity index (χ2n) is 5.23. The molecule has 0 radical (unpaired) electrons. The van der Waals surface area contributed by atoms with E-state index in [2.05, 4.69) is 20.0 Å². The Morgan fingerprint density at radius 1 is 0.828 bits per heavy atom. The van der Waals surface area contributed by atoms with Crippen molar-refractivity contribution in [3.8, 4) is 0 Å². The van der Waals surface area contributed by atoms with E-state index < -0.39 is 36.0 Å². The van der Waals surface area contributed by atoms with Crippen LogP contribution in [-0.4, -0.2) is 35.4 Å². The Kier molecular flexibility index (Phi) is 17.1. The van der Waals surface area contributed by atoms with Crippen molar-refractivity contribution in [1.29, 1.82) is 0 Å². The maximum Gasteiger partial charge on any atom is 6.00 e. The third-order valence-electron chi connectivity index (χ3n) is 3.91. The topological polar surface area (TPSA) is 153 Å². The fourth-order valence-corrected chi connectivity index (χ4v) is 2.91. The summed E-state index contributed by atoms with van der Waals surface area (Å²) in [5, 5.41) is 21.7. The Morgan fingerprint density at radius 3 is 1.34 bits per heavy atom. The average Bonchev–Trinajstić information content (AvgIpc) is 2.72. The zero-order chi connectivity index (χ0) is 22.4. The summed E-state index contributed by atoms with van der Waals surface area (Å²) in [6.45, 7) is 17.2. The molecule has 2 unspecified atom stereocenters. The molecule has 1 aromatic rings. The second-order valence-corrected chi connectivity index (χ2v) is 5.23. The van der Waals surface area contributed by atoms with Gasteiger partial charge in [0.1, 0.15) is 11.2 Å². The summed E-state index contributed by atoms with van der Waals surface area (Å²) in [7, 11) is 0. The average molecular weight is 444 g/mol. The van der Waals surface area contributed by atoms with E-state index in [1.165, 1.54) is 0 Å². The quantitative estimate of drug-likeness (QED) is 0.377. The van der Waals surface area contributed by atoms with Gasteiger partial charge in [-0.3, -0.25) is 9.59 Å². The SMILES string of the molecule is CCOC(=O)CC1(O)c2ccccc2C1(O)CC(=O)OCC.[C-]#[O+].[C-]#[O+].[C-]#[O+].[Cr+6]. The molecule has 0 bridgehead atoms. The fourth-order valence-electron chi connectivity index (χ4n) is 2.91. The molecule has 1 aliphatic rings. The van der Waals surface area contributed by atoms with Crippen LogP contribution in [0.4, 0.5) is 0 Å². The first-order chi connectivity index (χ1) is 13.4. The van der Waals surface area contributed by atoms with Crippen LogP contribution in [0.3, 0.4) is 0 Å². The number of esters is 2. The summed E-state index contributed by atoms with van der Waals surface area (Å²) in [6.07, 6.45) is -0.846. The van der Waals surface area contributed by atoms with Crippen molar-refractivity contribution >= 4 is 11.9 Å². The first-order valence-electron chi connectivity index (χ1n) is 7.86. The molecule has 2 N–H and O–H groups in total. The molecular weight excluding hydrogens is 424 g/mol. The minimum Gasteiger partial charge on any atom is 6.00 e. The van der Waals surface area contributed by atoms with Crippen LogP contribution in [0.1, 0.15) is 37.8 Å². The van der Waals surface area contributed by atoms with E-state index in [9.17, 15) is 19.8 Å². The van der Waals surface area contributed by atoms with E-state index in [-0.39, 0.29) is 30.6 Å². The maximum atomic E-state index is 11.8. The van der Waals surface area contributed by atoms with Crippen LogP contribution in [0.2, 0.25) is 0 Å². The van der Waals surface area contributed by atoms with Crippen molar-refractivity contribution in [2.24, 2.45) is 0 Å². The number of benzene rings is 1. The molecule has 0 fully saturated rings. The Balaban J connectivity index is -0.000000883. The van der Waals surface area contributed by atoms with E-state index >= 15 is 0 Å². The van der Waals surface area contributed by atoms with E-state index in [1.807, 2.05) is 0 Å². The van der Waals surface area contributed by atoms with E-state index in [0.29, 0.717) is 11.1 Å². The molecule has 29 heavy (non-hydrogen) atoms. The largest absolute Gasteiger partial charge is 6.00 e. The molecule has 0 aromatic heterocycles. The summed E-state index contributed by atoms with van der Waals surface area (Å²) >= 11 is 0. The molecule has 0 aliphatic heterocycles. The van der Waals surface area contributed by atoms with Gasteiger partial charge in [-0.25, -0.2) is 0 Å². The molecule has 0 saturated heterocycles. The molecule has 2 rings (SSSR count). The predicted octanol–water partition coefficient (Wildman–Crippen LogP) is 0.867. The van der Waals surface area contributed by atoms with Crippen LogP contribution in [0.5, 0.6) is 0 Å². The van der Waals surface area contributed by atoms with Gasteiger partial charge in [-0.05, 0) is 25.0 Å². The summed E-state index contributed by atoms with van der Waals surface area (Å²) in [5.74, 6) is -1.27. The summed E-state index contributed by atoms with van der Waals surface area (Å²) in [5.41, 5.74) is -2.87. The number of fused-ring (bicyclic) bond motifs is 1. The Bertz CT molecular complexity index is 648. The van der Waals surface area contributed by atoms with Crippen LogP contribution in [0, 0.1) is 20.0 Å². The minimum absolute atomic E-state index is 0. The second kappa shape index (κ2) is 15.7. The van der Waals surface area contributed by atoms with Crippen LogP contribution in [0.25, 0.3) is 0 Å². The molecule has 9 nitrogen and oxygen atoms in total. The normalized spacial score (nSPS) is 19.8. The first-order valence-corrected chi connectivity index (χ1v) is 7.86. The van der Waals surface area contributed by atoms with Crippen molar-refractivity contribution in [3.05, 3.63) is 55.3 Å². The zero-order valence-corrected chi connectivity index (χ0v) is 17.1. The van der Waals surface area contributed by atoms with Gasteiger partial charge in [0.15, 0.2) is 0 Å². The molecule has 1 aromatic carbocycles. The fraction of sp³-hybridized carbons (Fsp3) is 0.421. The van der Waals surface area contributed by atoms with Gasteiger partial charge in [0.25, 0.3) is 0 Å². The van der Waals surface area contributed by atoms with Crippen molar-refractivity contribution in [3.63, 3.8) is 0 Å². The first kappa shape index (κ1) is 31.5. The van der Waals surface area contributed by atoms with E-state index in [4.69, 9.17) is 23.4 Å². The summed E-state index contributed by atoms with van der Waals surface area (Å²) in [4.78, 5) is 23.5. The molecule has 2 atom stereocenters. The van der Waals surface area contributed by atoms with Gasteiger partial charge >= 0.3 is 63.2 Å². The standard InChI is InChI=1S/C16H20O6.3CO.Cr/c1-3-21-13(17)9-15(19)11-7-5-6-8-12(11)16(15,20)10-14(18)22-4-2;3*1-2;/h5-8,19-20H,3-4,9-10H2,1-2H3;;;;/q;;;;+6. The monoisotopic (exact) mass is 444 g/mol. The number of hydrogen-bond donors (Lipinski definition) is 2. The van der Waals surface area contributed by atoms with Gasteiger partial charge in [0.2, 0.25) is 0 Å². The smallest absolute Gasteiger partial charge is 6.00 e. The molecular formula is C19H20CrO9+6. The number of aliphatic hydroxyl groups is 2. The van der Waals surface area contributed by atoms with Crippen LogP contribution in [0.15, 0.2) is 24.3 Å². The molecule has 10 heteroatoms. The molecule has 0 saturated carbocycles. The number of hydrogen-bond acceptors (Lipinski definition) is 6. The number of rotatable bonds is 6. The van der Waals surface area contributed by atoms with Crippen molar-refractivity contribution in [2.75, 3.05) is 13.2 Å². The van der Waals surface area contributed by atoms with Gasteiger partial charge in [-0.15, -0.1) is 0 Å². The minimum atomic E-state index is -1.86. The summed E-state index contributed by atoms with van der Waals surface area (Å²) < 4.78 is 32.2. The predicted molar refractivity (Wildman–Crippen MR) is 88.5 cm³/mol. The maximum absolute atomic E-state index is 11.8. The number of carbonyl (C=O) groups excluding carboxylic acids is 2. The van der Waals surface area contributed by atoms with E-state index in [1.54, 1.807) is 38.1 Å². The Morgan fingerprint density at radius 2 is 1.10 bits per heavy atom. The third-order valence-corrected chi connectivity index (χ3v) is 3.91. The van der Waals surface area contributed by atoms with Crippen LogP contribution < -0.4 is 0 Å². The van der Waals surface area contributed by atoms with Crippen molar-refractivity contribution in [1.82, 2.24) is 0 Å². The van der Waals surface area contributed by atoms with Crippen molar-refractivity contribution in [2.45, 2.75) is 37.9 Å². The van der Waals surface area contributed by atoms with E-state index in [0.717, 1.165) is 0 Å².